The molecule has 0 heterocycles. The molecule has 1 amide bonds. The summed E-state index contributed by atoms with van der Waals surface area (Å²) in [6.45, 7) is 7.10. The molecule has 0 saturated heterocycles. The fourth-order valence-corrected chi connectivity index (χ4v) is 2.03. The minimum Gasteiger partial charge on any atom is -0.393 e. The zero-order chi connectivity index (χ0) is 15.2. The zero-order valence-electron chi connectivity index (χ0n) is 12.6. The van der Waals surface area contributed by atoms with Gasteiger partial charge in [0.05, 0.1) is 4.99 Å². The van der Waals surface area contributed by atoms with Gasteiger partial charge in [-0.3, -0.25) is 4.79 Å². The Labute approximate surface area is 127 Å². The molecule has 110 valence electrons. The minimum absolute atomic E-state index is 0.143. The summed E-state index contributed by atoms with van der Waals surface area (Å²) in [5.41, 5.74) is 6.40. The van der Waals surface area contributed by atoms with Gasteiger partial charge in [-0.1, -0.05) is 63.3 Å². The van der Waals surface area contributed by atoms with Crippen LogP contribution in [0.2, 0.25) is 0 Å². The van der Waals surface area contributed by atoms with Crippen LogP contribution in [0.4, 0.5) is 0 Å². The van der Waals surface area contributed by atoms with Crippen LogP contribution in [-0.4, -0.2) is 28.9 Å². The summed E-state index contributed by atoms with van der Waals surface area (Å²) in [6, 6.07) is 10.2. The van der Waals surface area contributed by atoms with Crippen molar-refractivity contribution in [1.29, 1.82) is 0 Å². The van der Waals surface area contributed by atoms with Gasteiger partial charge < -0.3 is 10.6 Å². The summed E-state index contributed by atoms with van der Waals surface area (Å²) in [6.07, 6.45) is 1.42. The van der Waals surface area contributed by atoms with Crippen molar-refractivity contribution in [3.05, 3.63) is 35.9 Å². The molecule has 0 aliphatic heterocycles. The van der Waals surface area contributed by atoms with Gasteiger partial charge in [0, 0.05) is 24.9 Å². The Morgan fingerprint density at radius 3 is 2.30 bits per heavy atom. The quantitative estimate of drug-likeness (QED) is 0.820. The first-order valence-corrected chi connectivity index (χ1v) is 7.33. The van der Waals surface area contributed by atoms with Gasteiger partial charge in [-0.05, 0) is 12.0 Å². The third kappa shape index (κ3) is 5.70. The fourth-order valence-electron chi connectivity index (χ4n) is 1.94. The molecule has 0 saturated carbocycles. The number of hydrogen-bond donors (Lipinski definition) is 1. The van der Waals surface area contributed by atoms with Crippen LogP contribution >= 0.6 is 12.2 Å². The molecule has 0 spiro atoms. The van der Waals surface area contributed by atoms with Gasteiger partial charge in [0.2, 0.25) is 5.91 Å². The van der Waals surface area contributed by atoms with Gasteiger partial charge in [-0.15, -0.1) is 0 Å². The molecule has 0 aromatic heterocycles. The molecule has 1 aromatic carbocycles. The van der Waals surface area contributed by atoms with E-state index in [0.717, 1.165) is 6.42 Å². The third-order valence-electron chi connectivity index (χ3n) is 3.07. The number of nitrogens with zero attached hydrogens (tertiary/aromatic N) is 1. The van der Waals surface area contributed by atoms with Crippen molar-refractivity contribution in [2.24, 2.45) is 11.1 Å². The molecule has 4 heteroatoms. The first-order chi connectivity index (χ1) is 9.30. The summed E-state index contributed by atoms with van der Waals surface area (Å²) < 4.78 is 0. The van der Waals surface area contributed by atoms with E-state index in [0.29, 0.717) is 24.5 Å². The van der Waals surface area contributed by atoms with Gasteiger partial charge in [-0.25, -0.2) is 0 Å². The molecule has 3 nitrogen and oxygen atoms in total. The zero-order valence-corrected chi connectivity index (χ0v) is 13.4. The summed E-state index contributed by atoms with van der Waals surface area (Å²) in [4.78, 5) is 14.8. The van der Waals surface area contributed by atoms with E-state index in [2.05, 4.69) is 12.1 Å². The van der Waals surface area contributed by atoms with E-state index in [1.165, 1.54) is 5.56 Å². The van der Waals surface area contributed by atoms with Crippen LogP contribution in [0.3, 0.4) is 0 Å². The van der Waals surface area contributed by atoms with Crippen LogP contribution in [0.15, 0.2) is 30.3 Å². The highest BCUT2D eigenvalue weighted by atomic mass is 32.1. The van der Waals surface area contributed by atoms with Crippen molar-refractivity contribution in [3.8, 4) is 0 Å². The summed E-state index contributed by atoms with van der Waals surface area (Å²) >= 11 is 4.91. The number of rotatable bonds is 6. The summed E-state index contributed by atoms with van der Waals surface area (Å²) in [7, 11) is 0. The number of amides is 1. The number of hydrogen-bond acceptors (Lipinski definition) is 2. The molecule has 1 aromatic rings. The molecular weight excluding hydrogens is 268 g/mol. The van der Waals surface area contributed by atoms with Gasteiger partial charge >= 0.3 is 0 Å². The maximum atomic E-state index is 12.4. The van der Waals surface area contributed by atoms with E-state index in [1.54, 1.807) is 0 Å². The van der Waals surface area contributed by atoms with Crippen LogP contribution in [-0.2, 0) is 11.2 Å². The van der Waals surface area contributed by atoms with E-state index in [-0.39, 0.29) is 11.3 Å². The largest absolute Gasteiger partial charge is 0.393 e. The number of carbonyl (C=O) groups is 1. The molecular formula is C16H24N2OS. The monoisotopic (exact) mass is 292 g/mol. The Hall–Kier alpha value is -1.42. The molecule has 0 bridgehead atoms. The molecule has 0 aliphatic rings. The first-order valence-electron chi connectivity index (χ1n) is 6.92. The van der Waals surface area contributed by atoms with E-state index < -0.39 is 0 Å². The molecule has 1 rings (SSSR count). The lowest BCUT2D eigenvalue weighted by molar-refractivity contribution is -0.139. The first kappa shape index (κ1) is 16.6. The van der Waals surface area contributed by atoms with Crippen molar-refractivity contribution in [2.45, 2.75) is 33.6 Å². The van der Waals surface area contributed by atoms with Crippen LogP contribution < -0.4 is 5.73 Å². The Morgan fingerprint density at radius 1 is 1.20 bits per heavy atom. The Morgan fingerprint density at radius 2 is 1.80 bits per heavy atom. The average molecular weight is 292 g/mol. The summed E-state index contributed by atoms with van der Waals surface area (Å²) in [5.74, 6) is 0.143. The Kier molecular flexibility index (Phi) is 6.14. The van der Waals surface area contributed by atoms with Crippen LogP contribution in [0, 0.1) is 5.41 Å². The predicted molar refractivity (Wildman–Crippen MR) is 87.6 cm³/mol. The fraction of sp³-hybridized carbons (Fsp3) is 0.500. The number of thiocarbonyl (C=S) groups is 1. The third-order valence-corrected chi connectivity index (χ3v) is 3.27. The molecule has 0 atom stereocenters. The number of carbonyl (C=O) groups excluding carboxylic acids is 1. The molecule has 0 fully saturated rings. The van der Waals surface area contributed by atoms with E-state index in [9.17, 15) is 4.79 Å². The lowest BCUT2D eigenvalue weighted by atomic mass is 9.94. The van der Waals surface area contributed by atoms with Gasteiger partial charge in [0.1, 0.15) is 0 Å². The smallest absolute Gasteiger partial charge is 0.227 e. The summed E-state index contributed by atoms with van der Waals surface area (Å²) in [5, 5.41) is 0. The van der Waals surface area contributed by atoms with Crippen molar-refractivity contribution >= 4 is 23.1 Å². The van der Waals surface area contributed by atoms with Crippen molar-refractivity contribution < 1.29 is 4.79 Å². The second-order valence-electron chi connectivity index (χ2n) is 5.99. The lowest BCUT2D eigenvalue weighted by Crippen LogP contribution is -2.42. The van der Waals surface area contributed by atoms with E-state index in [4.69, 9.17) is 18.0 Å². The highest BCUT2D eigenvalue weighted by Crippen LogP contribution is 2.18. The Balaban J connectivity index is 2.67. The highest BCUT2D eigenvalue weighted by Gasteiger charge is 2.26. The second kappa shape index (κ2) is 7.39. The Bertz CT molecular complexity index is 451. The lowest BCUT2D eigenvalue weighted by Gasteiger charge is -2.29. The second-order valence-corrected chi connectivity index (χ2v) is 6.52. The topological polar surface area (TPSA) is 46.3 Å². The van der Waals surface area contributed by atoms with Crippen LogP contribution in [0.5, 0.6) is 0 Å². The SMILES string of the molecule is CC(C)(C)C(=O)N(CCC(N)=S)CCc1ccccc1. The standard InChI is InChI=1S/C16H24N2OS/c1-16(2,3)15(19)18(12-10-14(17)20)11-9-13-7-5-4-6-8-13/h4-8H,9-12H2,1-3H3,(H2,17,20). The van der Waals surface area contributed by atoms with Crippen molar-refractivity contribution in [2.75, 3.05) is 13.1 Å². The molecule has 0 radical (unpaired) electrons. The van der Waals surface area contributed by atoms with E-state index in [1.807, 2.05) is 43.9 Å². The normalized spacial score (nSPS) is 11.2. The van der Waals surface area contributed by atoms with Gasteiger partial charge in [-0.2, -0.15) is 0 Å². The molecule has 20 heavy (non-hydrogen) atoms. The molecule has 0 aliphatic carbocycles. The van der Waals surface area contributed by atoms with Crippen LogP contribution in [0.1, 0.15) is 32.8 Å². The highest BCUT2D eigenvalue weighted by molar-refractivity contribution is 7.80. The van der Waals surface area contributed by atoms with Crippen molar-refractivity contribution in [3.63, 3.8) is 0 Å². The van der Waals surface area contributed by atoms with Crippen molar-refractivity contribution in [1.82, 2.24) is 4.90 Å². The van der Waals surface area contributed by atoms with Gasteiger partial charge in [0.15, 0.2) is 0 Å². The number of benzene rings is 1. The maximum Gasteiger partial charge on any atom is 0.227 e. The average Bonchev–Trinajstić information content (AvgIpc) is 2.38. The van der Waals surface area contributed by atoms with Crippen LogP contribution in [0.25, 0.3) is 0 Å². The molecule has 0 unspecified atom stereocenters. The molecule has 2 N–H and O–H groups in total. The predicted octanol–water partition coefficient (Wildman–Crippen LogP) is 2.78. The maximum absolute atomic E-state index is 12.4. The minimum atomic E-state index is -0.382. The van der Waals surface area contributed by atoms with E-state index >= 15 is 0 Å². The number of nitrogens with two attached hydrogens (primary N) is 1. The van der Waals surface area contributed by atoms with Gasteiger partial charge in [0.25, 0.3) is 0 Å².